The minimum absolute atomic E-state index is 0.355. The Morgan fingerprint density at radius 3 is 2.70 bits per heavy atom. The Morgan fingerprint density at radius 2 is 1.89 bits per heavy atom. The molecule has 0 heterocycles. The summed E-state index contributed by atoms with van der Waals surface area (Å²) in [4.78, 5) is 0. The number of fused-ring (bicyclic) bond motifs is 1. The van der Waals surface area contributed by atoms with Crippen LogP contribution in [0.15, 0.2) is 60.3 Å². The van der Waals surface area contributed by atoms with Crippen LogP contribution in [0.2, 0.25) is 0 Å². The fourth-order valence-electron chi connectivity index (χ4n) is 6.43. The molecular weight excluding hydrogens is 439 g/mol. The molecule has 0 aromatic heterocycles. The lowest BCUT2D eigenvalue weighted by molar-refractivity contribution is 0.198. The van der Waals surface area contributed by atoms with Gasteiger partial charge in [0.2, 0.25) is 0 Å². The van der Waals surface area contributed by atoms with E-state index in [2.05, 4.69) is 85.5 Å². The lowest BCUT2D eigenvalue weighted by Gasteiger charge is -2.37. The predicted molar refractivity (Wildman–Crippen MR) is 126 cm³/mol. The summed E-state index contributed by atoms with van der Waals surface area (Å²) in [6, 6.07) is 0. The van der Waals surface area contributed by atoms with Crippen LogP contribution in [0, 0.1) is 35.0 Å². The van der Waals surface area contributed by atoms with Gasteiger partial charge in [-0.25, -0.2) is 0 Å². The summed E-state index contributed by atoms with van der Waals surface area (Å²) in [6.07, 6.45) is 26.2. The highest BCUT2D eigenvalue weighted by molar-refractivity contribution is 14.1. The van der Waals surface area contributed by atoms with Crippen LogP contribution in [0.5, 0.6) is 0 Å². The molecule has 0 radical (unpaired) electrons. The fourth-order valence-corrected chi connectivity index (χ4v) is 7.26. The van der Waals surface area contributed by atoms with Gasteiger partial charge in [0.25, 0.3) is 0 Å². The van der Waals surface area contributed by atoms with Gasteiger partial charge in [-0.3, -0.25) is 0 Å². The third-order valence-electron chi connectivity index (χ3n) is 7.89. The number of halogens is 1. The van der Waals surface area contributed by atoms with Crippen LogP contribution < -0.4 is 0 Å². The van der Waals surface area contributed by atoms with Crippen molar-refractivity contribution in [2.45, 2.75) is 62.7 Å². The Bertz CT molecular complexity index is 689. The van der Waals surface area contributed by atoms with Crippen LogP contribution in [-0.2, 0) is 0 Å². The molecule has 4 aliphatic rings. The molecule has 0 saturated carbocycles. The van der Waals surface area contributed by atoms with E-state index in [9.17, 15) is 0 Å². The van der Waals surface area contributed by atoms with E-state index in [-0.39, 0.29) is 0 Å². The van der Waals surface area contributed by atoms with E-state index < -0.39 is 0 Å². The topological polar surface area (TPSA) is 0 Å². The van der Waals surface area contributed by atoms with Gasteiger partial charge < -0.3 is 0 Å². The van der Waals surface area contributed by atoms with Gasteiger partial charge in [-0.2, -0.15) is 0 Å². The van der Waals surface area contributed by atoms with E-state index in [4.69, 9.17) is 0 Å². The molecule has 0 aliphatic heterocycles. The number of rotatable bonds is 5. The summed E-state index contributed by atoms with van der Waals surface area (Å²) in [6.45, 7) is 9.12. The van der Waals surface area contributed by atoms with Crippen molar-refractivity contribution in [3.05, 3.63) is 60.3 Å². The average Bonchev–Trinajstić information content (AvgIpc) is 2.87. The minimum Gasteiger partial charge on any atom is -0.103 e. The molecule has 4 aliphatic carbocycles. The minimum atomic E-state index is 0.355. The molecule has 0 fully saturated rings. The molecule has 27 heavy (non-hydrogen) atoms. The van der Waals surface area contributed by atoms with Crippen LogP contribution in [0.4, 0.5) is 0 Å². The quantitative estimate of drug-likeness (QED) is 0.216. The largest absolute Gasteiger partial charge is 0.103 e. The lowest BCUT2D eigenvalue weighted by atomic mass is 9.68. The Morgan fingerprint density at radius 1 is 1.11 bits per heavy atom. The summed E-state index contributed by atoms with van der Waals surface area (Å²) in [5, 5.41) is 0. The Hall–Kier alpha value is -0.570. The fraction of sp³-hybridized carbons (Fsp3) is 0.615. The molecule has 4 unspecified atom stereocenters. The third-order valence-corrected chi connectivity index (χ3v) is 8.81. The highest BCUT2D eigenvalue weighted by atomic mass is 127. The molecule has 0 aromatic rings. The Kier molecular flexibility index (Phi) is 5.88. The highest BCUT2D eigenvalue weighted by Gasteiger charge is 2.46. The molecular formula is C26H35I. The van der Waals surface area contributed by atoms with Gasteiger partial charge in [0, 0.05) is 3.92 Å². The summed E-state index contributed by atoms with van der Waals surface area (Å²) < 4.78 is 0.731. The zero-order chi connectivity index (χ0) is 19.0. The monoisotopic (exact) mass is 474 g/mol. The molecule has 6 atom stereocenters. The van der Waals surface area contributed by atoms with Crippen LogP contribution in [0.1, 0.15) is 58.8 Å². The molecule has 0 nitrogen and oxygen atoms in total. The second-order valence-corrected chi connectivity index (χ2v) is 11.4. The van der Waals surface area contributed by atoms with Crippen molar-refractivity contribution in [3.8, 4) is 0 Å². The van der Waals surface area contributed by atoms with E-state index in [0.29, 0.717) is 11.3 Å². The summed E-state index contributed by atoms with van der Waals surface area (Å²) in [7, 11) is 0. The molecule has 0 aromatic carbocycles. The van der Waals surface area contributed by atoms with E-state index in [1.54, 1.807) is 11.1 Å². The number of alkyl halides is 1. The Balaban J connectivity index is 1.45. The van der Waals surface area contributed by atoms with E-state index >= 15 is 0 Å². The lowest BCUT2D eigenvalue weighted by Crippen LogP contribution is -2.28. The molecule has 0 N–H and O–H groups in total. The van der Waals surface area contributed by atoms with Crippen molar-refractivity contribution >= 4 is 22.6 Å². The highest BCUT2D eigenvalue weighted by Crippen LogP contribution is 2.57. The number of allylic oxidation sites excluding steroid dienone is 9. The van der Waals surface area contributed by atoms with Crippen molar-refractivity contribution in [1.82, 2.24) is 0 Å². The molecule has 146 valence electrons. The zero-order valence-electron chi connectivity index (χ0n) is 17.0. The smallest absolute Gasteiger partial charge is 0.0295 e. The second kappa shape index (κ2) is 8.05. The standard InChI is InChI=1S/C26H35I/c1-4-7-22-23-8-5-6-9-24(23)26(2,3)25(22)15-11-18-10-12-20-17-21(27)14-13-19(20)16-18/h4-5,8,10,12-14,18-22,25H,1,6-7,9,11,15-17H2,2-3H3/t18?,19?,20?,21-,22+,25?/m0/s1. The van der Waals surface area contributed by atoms with Crippen LogP contribution in [0.3, 0.4) is 0 Å². The molecule has 1 heteroatoms. The van der Waals surface area contributed by atoms with E-state index in [1.807, 2.05) is 0 Å². The third kappa shape index (κ3) is 3.82. The normalized spacial score (nSPS) is 39.4. The van der Waals surface area contributed by atoms with Crippen molar-refractivity contribution in [2.75, 3.05) is 0 Å². The van der Waals surface area contributed by atoms with Gasteiger partial charge in [-0.05, 0) is 85.5 Å². The summed E-state index contributed by atoms with van der Waals surface area (Å²) in [5.74, 6) is 3.83. The van der Waals surface area contributed by atoms with Crippen LogP contribution >= 0.6 is 22.6 Å². The van der Waals surface area contributed by atoms with Gasteiger partial charge >= 0.3 is 0 Å². The SMILES string of the molecule is C=CC[C@@H]1C2=C(CCC=C2)C(C)(C)C1CCC1C=CC2C[C@@H](I)C=CC2C1. The molecule has 0 bridgehead atoms. The van der Waals surface area contributed by atoms with E-state index in [0.717, 1.165) is 34.0 Å². The maximum Gasteiger partial charge on any atom is 0.0295 e. The van der Waals surface area contributed by atoms with Crippen molar-refractivity contribution in [2.24, 2.45) is 35.0 Å². The Labute approximate surface area is 180 Å². The van der Waals surface area contributed by atoms with Crippen LogP contribution in [0.25, 0.3) is 0 Å². The first kappa shape index (κ1) is 19.7. The number of hydrogen-bond acceptors (Lipinski definition) is 0. The first-order valence-corrected chi connectivity index (χ1v) is 12.3. The molecule has 4 rings (SSSR count). The maximum atomic E-state index is 4.08. The van der Waals surface area contributed by atoms with Crippen molar-refractivity contribution < 1.29 is 0 Å². The van der Waals surface area contributed by atoms with Gasteiger partial charge in [0.05, 0.1) is 0 Å². The van der Waals surface area contributed by atoms with Gasteiger partial charge in [0.15, 0.2) is 0 Å². The second-order valence-electron chi connectivity index (χ2n) is 9.76. The first-order chi connectivity index (χ1) is 13.0. The van der Waals surface area contributed by atoms with E-state index in [1.165, 1.54) is 38.5 Å². The first-order valence-electron chi connectivity index (χ1n) is 11.0. The van der Waals surface area contributed by atoms with Crippen molar-refractivity contribution in [1.29, 1.82) is 0 Å². The molecule has 0 spiro atoms. The van der Waals surface area contributed by atoms with Crippen molar-refractivity contribution in [3.63, 3.8) is 0 Å². The maximum absolute atomic E-state index is 4.08. The van der Waals surface area contributed by atoms with Gasteiger partial charge in [-0.15, -0.1) is 6.58 Å². The number of hydrogen-bond donors (Lipinski definition) is 0. The zero-order valence-corrected chi connectivity index (χ0v) is 19.2. The molecule has 0 amide bonds. The average molecular weight is 474 g/mol. The van der Waals surface area contributed by atoms with Gasteiger partial charge in [0.1, 0.15) is 0 Å². The predicted octanol–water partition coefficient (Wildman–Crippen LogP) is 7.83. The van der Waals surface area contributed by atoms with Crippen LogP contribution in [-0.4, -0.2) is 3.92 Å². The van der Waals surface area contributed by atoms with Gasteiger partial charge in [-0.1, -0.05) is 84.5 Å². The summed E-state index contributed by atoms with van der Waals surface area (Å²) in [5.41, 5.74) is 3.77. The molecule has 0 saturated heterocycles. The summed E-state index contributed by atoms with van der Waals surface area (Å²) >= 11 is 2.58.